The van der Waals surface area contributed by atoms with Gasteiger partial charge in [0.2, 0.25) is 0 Å². The number of alkyl halides is 3. The number of carbonyl (C=O) groups excluding carboxylic acids is 2. The molecule has 0 spiro atoms. The topological polar surface area (TPSA) is 123 Å². The first-order valence-electron chi connectivity index (χ1n) is 8.48. The van der Waals surface area contributed by atoms with Gasteiger partial charge in [0.15, 0.2) is 5.69 Å². The highest BCUT2D eigenvalue weighted by atomic mass is 32.1. The number of hydrogen-bond acceptors (Lipinski definition) is 7. The fraction of sp³-hybridized carbons (Fsp3) is 0.235. The number of halogens is 3. The molecule has 0 aliphatic rings. The molecule has 8 nitrogen and oxygen atoms in total. The Morgan fingerprint density at radius 3 is 2.60 bits per heavy atom. The molecule has 3 heterocycles. The van der Waals surface area contributed by atoms with Gasteiger partial charge in [0.25, 0.3) is 5.91 Å². The molecule has 0 bridgehead atoms. The summed E-state index contributed by atoms with van der Waals surface area (Å²) in [6, 6.07) is 0.955. The minimum Gasteiger partial charge on any atom is -0.365 e. The number of pyridine rings is 1. The van der Waals surface area contributed by atoms with Crippen LogP contribution in [-0.2, 0) is 12.6 Å². The zero-order valence-corrected chi connectivity index (χ0v) is 17.0. The van der Waals surface area contributed by atoms with Crippen LogP contribution in [0.3, 0.4) is 0 Å². The summed E-state index contributed by atoms with van der Waals surface area (Å²) in [6.07, 6.45) is -1.61. The Kier molecular flexibility index (Phi) is 6.31. The highest BCUT2D eigenvalue weighted by Crippen LogP contribution is 2.36. The number of primary amides is 1. The van der Waals surface area contributed by atoms with E-state index in [9.17, 15) is 22.8 Å². The van der Waals surface area contributed by atoms with Crippen molar-refractivity contribution in [2.24, 2.45) is 5.73 Å². The third-order valence-corrected chi connectivity index (χ3v) is 5.62. The molecule has 0 saturated heterocycles. The molecule has 4 N–H and O–H groups in total. The van der Waals surface area contributed by atoms with E-state index in [1.165, 1.54) is 18.5 Å². The van der Waals surface area contributed by atoms with E-state index in [4.69, 9.17) is 5.73 Å². The third-order valence-electron chi connectivity index (χ3n) is 3.73. The van der Waals surface area contributed by atoms with Crippen LogP contribution in [0, 0.1) is 0 Å². The highest BCUT2D eigenvalue weighted by Gasteiger charge is 2.34. The van der Waals surface area contributed by atoms with Gasteiger partial charge in [0, 0.05) is 30.1 Å². The Bertz CT molecular complexity index is 1080. The molecule has 0 aliphatic heterocycles. The van der Waals surface area contributed by atoms with E-state index in [-0.39, 0.29) is 22.1 Å². The molecular weight excluding hydrogens is 441 g/mol. The van der Waals surface area contributed by atoms with E-state index in [2.05, 4.69) is 25.6 Å². The predicted molar refractivity (Wildman–Crippen MR) is 106 cm³/mol. The summed E-state index contributed by atoms with van der Waals surface area (Å²) >= 11 is 1.90. The largest absolute Gasteiger partial charge is 0.434 e. The van der Waals surface area contributed by atoms with Gasteiger partial charge in [-0.15, -0.1) is 22.7 Å². The third kappa shape index (κ3) is 5.10. The lowest BCUT2D eigenvalue weighted by molar-refractivity contribution is -0.140. The van der Waals surface area contributed by atoms with Crippen LogP contribution in [0.5, 0.6) is 0 Å². The van der Waals surface area contributed by atoms with Crippen molar-refractivity contribution in [1.82, 2.24) is 20.3 Å². The molecule has 0 unspecified atom stereocenters. The summed E-state index contributed by atoms with van der Waals surface area (Å²) < 4.78 is 39.0. The van der Waals surface area contributed by atoms with Gasteiger partial charge >= 0.3 is 12.2 Å². The van der Waals surface area contributed by atoms with Crippen LogP contribution in [0.15, 0.2) is 23.8 Å². The van der Waals surface area contributed by atoms with E-state index in [1.807, 2.05) is 0 Å². The molecule has 30 heavy (non-hydrogen) atoms. The number of carbonyl (C=O) groups is 2. The Labute approximate surface area is 176 Å². The minimum absolute atomic E-state index is 0.116. The lowest BCUT2D eigenvalue weighted by Gasteiger charge is -2.10. The Morgan fingerprint density at radius 1 is 1.23 bits per heavy atom. The summed E-state index contributed by atoms with van der Waals surface area (Å²) in [5.74, 6) is -0.464. The lowest BCUT2D eigenvalue weighted by atomic mass is 10.1. The SMILES string of the molecule is CCNC(=O)Nc1cc(-c2nc(C(F)(F)F)cs2)c(Cc2ncc(C(N)=O)s2)cn1. The molecular formula is C17H15F3N6O2S2. The molecule has 0 saturated carbocycles. The molecule has 0 aliphatic carbocycles. The zero-order valence-electron chi connectivity index (χ0n) is 15.4. The second kappa shape index (κ2) is 8.75. The summed E-state index contributed by atoms with van der Waals surface area (Å²) in [5, 5.41) is 6.63. The van der Waals surface area contributed by atoms with Crippen molar-refractivity contribution < 1.29 is 22.8 Å². The lowest BCUT2D eigenvalue weighted by Crippen LogP contribution is -2.28. The first kappa shape index (κ1) is 21.6. The summed E-state index contributed by atoms with van der Waals surface area (Å²) in [4.78, 5) is 35.3. The van der Waals surface area contributed by atoms with Gasteiger partial charge in [-0.3, -0.25) is 10.1 Å². The first-order chi connectivity index (χ1) is 14.2. The van der Waals surface area contributed by atoms with Gasteiger partial charge in [0.1, 0.15) is 15.7 Å². The summed E-state index contributed by atoms with van der Waals surface area (Å²) in [7, 11) is 0. The van der Waals surface area contributed by atoms with Gasteiger partial charge in [-0.1, -0.05) is 0 Å². The van der Waals surface area contributed by atoms with E-state index >= 15 is 0 Å². The molecule has 0 aromatic carbocycles. The highest BCUT2D eigenvalue weighted by molar-refractivity contribution is 7.13. The van der Waals surface area contributed by atoms with Crippen LogP contribution in [0.25, 0.3) is 10.6 Å². The molecule has 13 heteroatoms. The standard InChI is InChI=1S/C17H15F3N6O2S2/c1-2-22-16(28)26-12-4-9(15-25-11(7-29-15)17(18,19)20)8(5-23-12)3-13-24-6-10(30-13)14(21)27/h4-7H,2-3H2,1H3,(H2,21,27)(H2,22,23,26,28). The first-order valence-corrected chi connectivity index (χ1v) is 10.2. The number of nitrogens with one attached hydrogen (secondary N) is 2. The van der Waals surface area contributed by atoms with Crippen LogP contribution in [0.1, 0.15) is 32.9 Å². The van der Waals surface area contributed by atoms with Crippen molar-refractivity contribution in [3.63, 3.8) is 0 Å². The van der Waals surface area contributed by atoms with Crippen molar-refractivity contribution in [1.29, 1.82) is 0 Å². The predicted octanol–water partition coefficient (Wildman–Crippen LogP) is 3.51. The molecule has 3 aromatic heterocycles. The summed E-state index contributed by atoms with van der Waals surface area (Å²) in [6.45, 7) is 2.13. The van der Waals surface area contributed by atoms with Gasteiger partial charge in [0.05, 0.1) is 11.2 Å². The Morgan fingerprint density at radius 2 is 2.00 bits per heavy atom. The van der Waals surface area contributed by atoms with Crippen molar-refractivity contribution in [3.05, 3.63) is 45.0 Å². The number of nitrogens with two attached hydrogens (primary N) is 1. The van der Waals surface area contributed by atoms with Crippen LogP contribution in [0.4, 0.5) is 23.8 Å². The quantitative estimate of drug-likeness (QED) is 0.524. The molecule has 0 fully saturated rings. The Balaban J connectivity index is 1.98. The molecule has 3 aromatic rings. The number of thiazole rings is 2. The normalized spacial score (nSPS) is 11.3. The maximum atomic E-state index is 13.0. The average Bonchev–Trinajstić information content (AvgIpc) is 3.32. The molecule has 0 radical (unpaired) electrons. The number of rotatable bonds is 6. The van der Waals surface area contributed by atoms with Gasteiger partial charge in [-0.05, 0) is 18.6 Å². The smallest absolute Gasteiger partial charge is 0.365 e. The van der Waals surface area contributed by atoms with Gasteiger partial charge in [-0.25, -0.2) is 19.7 Å². The van der Waals surface area contributed by atoms with E-state index in [0.29, 0.717) is 22.7 Å². The van der Waals surface area contributed by atoms with Gasteiger partial charge < -0.3 is 11.1 Å². The van der Waals surface area contributed by atoms with Crippen molar-refractivity contribution in [2.45, 2.75) is 19.5 Å². The molecule has 158 valence electrons. The van der Waals surface area contributed by atoms with Crippen molar-refractivity contribution in [2.75, 3.05) is 11.9 Å². The van der Waals surface area contributed by atoms with Crippen LogP contribution < -0.4 is 16.4 Å². The molecule has 3 amide bonds. The zero-order chi connectivity index (χ0) is 21.9. The number of hydrogen-bond donors (Lipinski definition) is 3. The van der Waals surface area contributed by atoms with E-state index < -0.39 is 23.8 Å². The van der Waals surface area contributed by atoms with E-state index in [0.717, 1.165) is 28.1 Å². The van der Waals surface area contributed by atoms with E-state index in [1.54, 1.807) is 6.92 Å². The second-order valence-corrected chi connectivity index (χ2v) is 7.88. The number of aromatic nitrogens is 3. The number of nitrogens with zero attached hydrogens (tertiary/aromatic N) is 3. The van der Waals surface area contributed by atoms with Crippen molar-refractivity contribution in [3.8, 4) is 10.6 Å². The van der Waals surface area contributed by atoms with Crippen LogP contribution >= 0.6 is 22.7 Å². The number of anilines is 1. The van der Waals surface area contributed by atoms with Crippen LogP contribution in [0.2, 0.25) is 0 Å². The van der Waals surface area contributed by atoms with Crippen LogP contribution in [-0.4, -0.2) is 33.4 Å². The fourth-order valence-electron chi connectivity index (χ4n) is 2.41. The fourth-order valence-corrected chi connectivity index (χ4v) is 4.08. The minimum atomic E-state index is -4.57. The second-order valence-electron chi connectivity index (χ2n) is 5.91. The summed E-state index contributed by atoms with van der Waals surface area (Å²) in [5.41, 5.74) is 5.13. The monoisotopic (exact) mass is 456 g/mol. The number of urea groups is 1. The Hall–Kier alpha value is -3.06. The molecule has 0 atom stereocenters. The van der Waals surface area contributed by atoms with Gasteiger partial charge in [-0.2, -0.15) is 13.2 Å². The average molecular weight is 456 g/mol. The maximum absolute atomic E-state index is 13.0. The molecule has 3 rings (SSSR count). The maximum Gasteiger partial charge on any atom is 0.434 e. The number of amides is 3. The van der Waals surface area contributed by atoms with Crippen molar-refractivity contribution >= 4 is 40.4 Å².